The average molecular weight is 1230 g/mol. The molecule has 2 fully saturated rings. The summed E-state index contributed by atoms with van der Waals surface area (Å²) in [6.45, 7) is 14.0. The lowest BCUT2D eigenvalue weighted by molar-refractivity contribution is -0.144. The second-order valence-electron chi connectivity index (χ2n) is 23.1. The highest BCUT2D eigenvalue weighted by Gasteiger charge is 2.46. The van der Waals surface area contributed by atoms with E-state index < -0.39 is 108 Å². The molecule has 0 unspecified atom stereocenters. The monoisotopic (exact) mass is 1230 g/mol. The molecular weight excluding hydrogens is 1150 g/mol. The Labute approximate surface area is 508 Å². The molecule has 6 atom stereocenters. The summed E-state index contributed by atoms with van der Waals surface area (Å²) in [7, 11) is 0. The largest absolute Gasteiger partial charge is 0.391 e. The van der Waals surface area contributed by atoms with E-state index in [2.05, 4.69) is 47.0 Å². The average Bonchev–Trinajstić information content (AvgIpc) is 2.25. The maximum atomic E-state index is 14.0. The van der Waals surface area contributed by atoms with Crippen molar-refractivity contribution in [3.05, 3.63) is 82.1 Å². The van der Waals surface area contributed by atoms with Crippen molar-refractivity contribution in [1.29, 1.82) is 0 Å². The fraction of sp³-hybridized carbons (Fsp3) is 0.542. The predicted octanol–water partition coefficient (Wildman–Crippen LogP) is 2.14. The zero-order chi connectivity index (χ0) is 62.6. The summed E-state index contributed by atoms with van der Waals surface area (Å²) >= 11 is 3.10. The van der Waals surface area contributed by atoms with Crippen LogP contribution in [0.5, 0.6) is 0 Å². The summed E-state index contributed by atoms with van der Waals surface area (Å²) in [5.74, 6) is -3.92. The van der Waals surface area contributed by atoms with Crippen molar-refractivity contribution >= 4 is 76.1 Å². The number of ether oxygens (including phenoxy) is 3. The molecule has 6 rings (SSSR count). The van der Waals surface area contributed by atoms with Gasteiger partial charge in [-0.15, -0.1) is 22.7 Å². The van der Waals surface area contributed by atoms with Gasteiger partial charge in [0, 0.05) is 52.1 Å². The Balaban J connectivity index is 0.780. The molecule has 4 aromatic rings. The van der Waals surface area contributed by atoms with Crippen LogP contribution in [0.1, 0.15) is 83.3 Å². The molecule has 0 saturated carbocycles. The van der Waals surface area contributed by atoms with Crippen molar-refractivity contribution in [3.63, 3.8) is 0 Å². The van der Waals surface area contributed by atoms with Gasteiger partial charge < -0.3 is 71.0 Å². The maximum absolute atomic E-state index is 14.0. The smallest absolute Gasteiger partial charge is 0.260 e. The number of aromatic nitrogens is 2. The Kier molecular flexibility index (Phi) is 25.6. The lowest BCUT2D eigenvalue weighted by Crippen LogP contribution is -2.58. The van der Waals surface area contributed by atoms with Crippen LogP contribution in [0.25, 0.3) is 20.9 Å². The fourth-order valence-electron chi connectivity index (χ4n) is 9.43. The number of carbonyl (C=O) groups excluding carboxylic acids is 8. The number of nitrogens with one attached hydrogen (secondary N) is 6. The van der Waals surface area contributed by atoms with E-state index in [0.717, 1.165) is 43.4 Å². The molecule has 8 amide bonds. The van der Waals surface area contributed by atoms with E-state index >= 15 is 0 Å². The van der Waals surface area contributed by atoms with E-state index in [4.69, 9.17) is 19.0 Å². The summed E-state index contributed by atoms with van der Waals surface area (Å²) in [4.78, 5) is 124. The zero-order valence-electron chi connectivity index (χ0n) is 50.0. The summed E-state index contributed by atoms with van der Waals surface area (Å²) in [6, 6.07) is 11.6. The number of aryl methyl sites for hydroxylation is 2. The second kappa shape index (κ2) is 32.5. The van der Waals surface area contributed by atoms with E-state index in [1.165, 1.54) is 16.0 Å². The molecule has 0 bridgehead atoms. The molecule has 2 aliphatic rings. The number of thiazole rings is 2. The van der Waals surface area contributed by atoms with Gasteiger partial charge in [-0.2, -0.15) is 0 Å². The van der Waals surface area contributed by atoms with Crippen molar-refractivity contribution in [2.45, 2.75) is 124 Å². The Morgan fingerprint density at radius 2 is 1.01 bits per heavy atom. The summed E-state index contributed by atoms with van der Waals surface area (Å²) in [5, 5.41) is 41.2. The standard InChI is InChI=1S/C59H81N11O14S2/c1-36-50(85-34-64-36)40-13-9-38(10-14-40)27-62-54(77)44-25-42(71)29-69(44)56(79)52(58(3,4)5)67-48(75)31-82-22-20-60-46(73)17-18-66-84-33-47(74)61-19-21-81-23-24-83-32-49(76)68-53(59(6,7)8)57(80)70-30-43(72)26-45(70)55(78)63-28-39-11-15-41(16-12-39)51-37(2)65-35-86-51/h9-16,18,34-35,42-45,52-53,71-72H,17,19-33H2,1-8H3,(H,60,73)(H,61,74)(H,62,77)(H,63,78)(H,67,75)(H,68,76)/b66-18+/t42-,43-,44+,45+,52-,53-/m1/s1. The van der Waals surface area contributed by atoms with Gasteiger partial charge in [-0.05, 0) is 46.9 Å². The third-order valence-electron chi connectivity index (χ3n) is 14.0. The molecule has 2 saturated heterocycles. The summed E-state index contributed by atoms with van der Waals surface area (Å²) in [6.07, 6.45) is -0.740. The highest BCUT2D eigenvalue weighted by atomic mass is 32.1. The topological polar surface area (TPSA) is 331 Å². The van der Waals surface area contributed by atoms with E-state index in [1.54, 1.807) is 75.2 Å². The first kappa shape index (κ1) is 67.9. The van der Waals surface area contributed by atoms with Gasteiger partial charge in [0.05, 0.1) is 83.4 Å². The van der Waals surface area contributed by atoms with E-state index in [1.807, 2.05) is 62.4 Å². The van der Waals surface area contributed by atoms with Gasteiger partial charge in [-0.1, -0.05) is 95.2 Å². The third-order valence-corrected chi connectivity index (χ3v) is 16.0. The Morgan fingerprint density at radius 3 is 1.44 bits per heavy atom. The van der Waals surface area contributed by atoms with Crippen molar-refractivity contribution in [2.24, 2.45) is 16.0 Å². The number of hydrogen-bond acceptors (Lipinski definition) is 19. The molecule has 0 radical (unpaired) electrons. The van der Waals surface area contributed by atoms with Crippen molar-refractivity contribution in [2.75, 3.05) is 72.4 Å². The number of aliphatic hydroxyl groups excluding tert-OH is 2. The van der Waals surface area contributed by atoms with E-state index in [-0.39, 0.29) is 91.6 Å². The van der Waals surface area contributed by atoms with Gasteiger partial charge in [-0.25, -0.2) is 9.97 Å². The number of oxime groups is 1. The predicted molar refractivity (Wildman–Crippen MR) is 321 cm³/mol. The second-order valence-corrected chi connectivity index (χ2v) is 24.8. The number of benzene rings is 2. The number of amides is 8. The van der Waals surface area contributed by atoms with Crippen molar-refractivity contribution in [1.82, 2.24) is 51.7 Å². The molecule has 25 nitrogen and oxygen atoms in total. The zero-order valence-corrected chi connectivity index (χ0v) is 51.6. The van der Waals surface area contributed by atoms with Crippen LogP contribution in [-0.4, -0.2) is 192 Å². The third kappa shape index (κ3) is 20.7. The van der Waals surface area contributed by atoms with Crippen LogP contribution in [0.4, 0.5) is 0 Å². The molecule has 86 heavy (non-hydrogen) atoms. The van der Waals surface area contributed by atoms with Crippen molar-refractivity contribution < 1.29 is 67.6 Å². The van der Waals surface area contributed by atoms with E-state index in [9.17, 15) is 48.6 Å². The molecule has 2 aliphatic heterocycles. The minimum absolute atomic E-state index is 0.0319. The lowest BCUT2D eigenvalue weighted by atomic mass is 9.85. The highest BCUT2D eigenvalue weighted by molar-refractivity contribution is 7.13. The van der Waals surface area contributed by atoms with Gasteiger partial charge >= 0.3 is 0 Å². The van der Waals surface area contributed by atoms with Gasteiger partial charge in [0.15, 0.2) is 6.61 Å². The lowest BCUT2D eigenvalue weighted by Gasteiger charge is -2.35. The number of nitrogens with zero attached hydrogens (tertiary/aromatic N) is 5. The first-order valence-corrected chi connectivity index (χ1v) is 30.2. The highest BCUT2D eigenvalue weighted by Crippen LogP contribution is 2.31. The van der Waals surface area contributed by atoms with E-state index in [0.29, 0.717) is 0 Å². The SMILES string of the molecule is Cc1ncsc1-c1ccc(CNC(=O)[C@@H]2C[C@@H](O)CN2C(=O)[C@@H](NC(=O)COCCNC(=O)C/C=N/OCC(=O)NCCOCCOCC(=O)N[C@H](C(=O)N2C[C@H](O)C[C@H]2C(=O)NCc2ccc(-c3scnc3C)cc2)C(C)(C)C)C(C)(C)C)cc1. The number of β-amino-alcohol motifs (C(OH)–C–C–N with tert-alkyl or cyclic N) is 2. The molecule has 4 heterocycles. The van der Waals surface area contributed by atoms with Crippen molar-refractivity contribution in [3.8, 4) is 20.9 Å². The Bertz CT molecular complexity index is 2960. The minimum atomic E-state index is -1.05. The molecule has 2 aromatic carbocycles. The van der Waals surface area contributed by atoms with Gasteiger partial charge in [0.1, 0.15) is 37.4 Å². The molecule has 2 aromatic heterocycles. The van der Waals surface area contributed by atoms with Crippen LogP contribution in [0.3, 0.4) is 0 Å². The van der Waals surface area contributed by atoms with Gasteiger partial charge in [0.2, 0.25) is 41.4 Å². The molecule has 0 spiro atoms. The molecule has 468 valence electrons. The number of aliphatic hydroxyl groups is 2. The van der Waals surface area contributed by atoms with Crippen LogP contribution >= 0.6 is 22.7 Å². The number of hydrogen-bond donors (Lipinski definition) is 8. The Hall–Kier alpha value is -7.27. The number of rotatable bonds is 30. The molecule has 8 N–H and O–H groups in total. The summed E-state index contributed by atoms with van der Waals surface area (Å²) in [5.41, 5.74) is 7.69. The molecular formula is C59H81N11O14S2. The summed E-state index contributed by atoms with van der Waals surface area (Å²) < 4.78 is 16.4. The first-order chi connectivity index (χ1) is 40.9. The van der Waals surface area contributed by atoms with Crippen LogP contribution in [0, 0.1) is 24.7 Å². The van der Waals surface area contributed by atoms with Gasteiger partial charge in [-0.3, -0.25) is 38.4 Å². The van der Waals surface area contributed by atoms with Crippen LogP contribution in [-0.2, 0) is 70.5 Å². The van der Waals surface area contributed by atoms with Crippen LogP contribution in [0.15, 0.2) is 64.7 Å². The fourth-order valence-corrected chi connectivity index (χ4v) is 11.1. The number of carbonyl (C=O) groups is 8. The minimum Gasteiger partial charge on any atom is -0.391 e. The molecule has 27 heteroatoms. The quantitative estimate of drug-likeness (QED) is 0.0211. The normalized spacial score (nSPS) is 17.7. The maximum Gasteiger partial charge on any atom is 0.260 e. The van der Waals surface area contributed by atoms with Crippen LogP contribution < -0.4 is 31.9 Å². The molecule has 0 aliphatic carbocycles. The van der Waals surface area contributed by atoms with Gasteiger partial charge in [0.25, 0.3) is 5.91 Å². The first-order valence-electron chi connectivity index (χ1n) is 28.4. The van der Waals surface area contributed by atoms with Crippen LogP contribution in [0.2, 0.25) is 0 Å². The number of likely N-dealkylation sites (tertiary alicyclic amines) is 2. The Morgan fingerprint density at radius 1 is 0.593 bits per heavy atom.